The molecule has 0 aliphatic heterocycles. The summed E-state index contributed by atoms with van der Waals surface area (Å²) >= 11 is 5.83. The second-order valence-corrected chi connectivity index (χ2v) is 6.24. The van der Waals surface area contributed by atoms with Crippen molar-refractivity contribution in [3.63, 3.8) is 0 Å². The molecule has 0 saturated heterocycles. The molecule has 0 bridgehead atoms. The number of halogens is 4. The number of benzene rings is 1. The maximum Gasteiger partial charge on any atom is 0.436 e. The summed E-state index contributed by atoms with van der Waals surface area (Å²) in [6, 6.07) is 6.79. The van der Waals surface area contributed by atoms with Crippen molar-refractivity contribution in [1.82, 2.24) is 29.4 Å². The topological polar surface area (TPSA) is 60.9 Å². The van der Waals surface area contributed by atoms with E-state index in [9.17, 15) is 13.2 Å². The number of nitrogens with zero attached hydrogens (tertiary/aromatic N) is 6. The lowest BCUT2D eigenvalue weighted by Crippen LogP contribution is -2.14. The van der Waals surface area contributed by atoms with Crippen LogP contribution < -0.4 is 0 Å². The Bertz CT molecular complexity index is 1130. The van der Waals surface area contributed by atoms with Gasteiger partial charge in [0, 0.05) is 5.39 Å². The maximum absolute atomic E-state index is 13.0. The molecule has 0 radical (unpaired) electrons. The summed E-state index contributed by atoms with van der Waals surface area (Å²) in [5.74, 6) is 0.319. The highest BCUT2D eigenvalue weighted by atomic mass is 35.5. The van der Waals surface area contributed by atoms with Crippen molar-refractivity contribution in [2.75, 3.05) is 0 Å². The number of hydrogen-bond acceptors (Lipinski definition) is 4. The molecular formula is C16H12ClF3N6. The van der Waals surface area contributed by atoms with Gasteiger partial charge in [-0.25, -0.2) is 14.5 Å². The van der Waals surface area contributed by atoms with E-state index in [-0.39, 0.29) is 5.69 Å². The zero-order valence-electron chi connectivity index (χ0n) is 13.7. The Kier molecular flexibility index (Phi) is 3.65. The molecule has 26 heavy (non-hydrogen) atoms. The SMILES string of the molecule is Cc1c(Cl)c(C(F)(F)F)nn1[C@@H](C)c1nc2c3ccccc3ncn2n1. The van der Waals surface area contributed by atoms with Crippen LogP contribution >= 0.6 is 11.6 Å². The minimum Gasteiger partial charge on any atom is -0.257 e. The van der Waals surface area contributed by atoms with Crippen molar-refractivity contribution < 1.29 is 13.2 Å². The van der Waals surface area contributed by atoms with Crippen LogP contribution in [0.2, 0.25) is 5.02 Å². The molecule has 4 aromatic rings. The van der Waals surface area contributed by atoms with Crippen LogP contribution in [0.5, 0.6) is 0 Å². The van der Waals surface area contributed by atoms with E-state index >= 15 is 0 Å². The van der Waals surface area contributed by atoms with Crippen molar-refractivity contribution in [2.45, 2.75) is 26.1 Å². The molecule has 134 valence electrons. The van der Waals surface area contributed by atoms with E-state index in [1.54, 1.807) is 6.92 Å². The Morgan fingerprint density at radius 1 is 1.15 bits per heavy atom. The molecule has 0 spiro atoms. The average molecular weight is 381 g/mol. The zero-order chi connectivity index (χ0) is 18.6. The van der Waals surface area contributed by atoms with Gasteiger partial charge in [0.1, 0.15) is 12.4 Å². The van der Waals surface area contributed by atoms with Crippen molar-refractivity contribution in [2.24, 2.45) is 0 Å². The maximum atomic E-state index is 13.0. The van der Waals surface area contributed by atoms with E-state index in [1.165, 1.54) is 22.4 Å². The Hall–Kier alpha value is -2.68. The molecule has 1 atom stereocenters. The summed E-state index contributed by atoms with van der Waals surface area (Å²) < 4.78 is 41.8. The number of alkyl halides is 3. The number of aromatic nitrogens is 6. The molecule has 10 heteroatoms. The van der Waals surface area contributed by atoms with Crippen LogP contribution in [-0.4, -0.2) is 29.4 Å². The molecule has 0 amide bonds. The lowest BCUT2D eigenvalue weighted by molar-refractivity contribution is -0.141. The number of rotatable bonds is 2. The van der Waals surface area contributed by atoms with E-state index < -0.39 is 22.9 Å². The third-order valence-corrected chi connectivity index (χ3v) is 4.64. The molecule has 1 aromatic carbocycles. The highest BCUT2D eigenvalue weighted by molar-refractivity contribution is 6.31. The van der Waals surface area contributed by atoms with Gasteiger partial charge in [0.15, 0.2) is 17.2 Å². The predicted molar refractivity (Wildman–Crippen MR) is 89.1 cm³/mol. The first-order chi connectivity index (χ1) is 12.3. The highest BCUT2D eigenvalue weighted by Crippen LogP contribution is 2.36. The van der Waals surface area contributed by atoms with E-state index in [1.807, 2.05) is 24.3 Å². The molecule has 0 fully saturated rings. The van der Waals surface area contributed by atoms with Gasteiger partial charge >= 0.3 is 6.18 Å². The lowest BCUT2D eigenvalue weighted by Gasteiger charge is -2.10. The molecule has 4 rings (SSSR count). The first kappa shape index (κ1) is 16.8. The van der Waals surface area contributed by atoms with Crippen molar-refractivity contribution in [1.29, 1.82) is 0 Å². The summed E-state index contributed by atoms with van der Waals surface area (Å²) in [5, 5.41) is 8.37. The molecule has 3 heterocycles. The lowest BCUT2D eigenvalue weighted by atomic mass is 10.2. The molecule has 0 aliphatic carbocycles. The standard InChI is InChI=1S/C16H12ClF3N6/c1-8-12(17)13(16(18,19)20)23-26(8)9(2)14-22-15-10-5-3-4-6-11(10)21-7-25(15)24-14/h3-7,9H,1-2H3/t9-/m0/s1. The number of para-hydroxylation sites is 1. The van der Waals surface area contributed by atoms with Crippen LogP contribution in [-0.2, 0) is 6.18 Å². The Balaban J connectivity index is 1.84. The summed E-state index contributed by atoms with van der Waals surface area (Å²) in [6.07, 6.45) is -3.11. The zero-order valence-corrected chi connectivity index (χ0v) is 14.4. The molecule has 3 aromatic heterocycles. The second kappa shape index (κ2) is 5.66. The van der Waals surface area contributed by atoms with Crippen LogP contribution in [0.3, 0.4) is 0 Å². The van der Waals surface area contributed by atoms with Gasteiger partial charge in [-0.2, -0.15) is 18.3 Å². The van der Waals surface area contributed by atoms with Crippen LogP contribution in [0.1, 0.15) is 30.2 Å². The van der Waals surface area contributed by atoms with Crippen LogP contribution in [0, 0.1) is 6.92 Å². The largest absolute Gasteiger partial charge is 0.436 e. The first-order valence-electron chi connectivity index (χ1n) is 7.69. The fourth-order valence-electron chi connectivity index (χ4n) is 2.84. The van der Waals surface area contributed by atoms with Crippen molar-refractivity contribution in [3.8, 4) is 0 Å². The quantitative estimate of drug-likeness (QED) is 0.526. The van der Waals surface area contributed by atoms with Gasteiger partial charge in [0.05, 0.1) is 16.2 Å². The molecular weight excluding hydrogens is 369 g/mol. The van der Waals surface area contributed by atoms with Gasteiger partial charge in [-0.15, -0.1) is 5.10 Å². The average Bonchev–Trinajstić information content (AvgIpc) is 3.16. The normalized spacial score (nSPS) is 13.6. The smallest absolute Gasteiger partial charge is 0.257 e. The first-order valence-corrected chi connectivity index (χ1v) is 8.07. The fourth-order valence-corrected chi connectivity index (χ4v) is 3.07. The highest BCUT2D eigenvalue weighted by Gasteiger charge is 2.39. The molecule has 0 unspecified atom stereocenters. The van der Waals surface area contributed by atoms with E-state index in [2.05, 4.69) is 20.2 Å². The number of fused-ring (bicyclic) bond motifs is 3. The van der Waals surface area contributed by atoms with E-state index in [0.717, 1.165) is 10.9 Å². The summed E-state index contributed by atoms with van der Waals surface area (Å²) in [4.78, 5) is 8.78. The minimum absolute atomic E-state index is 0.202. The van der Waals surface area contributed by atoms with Gasteiger partial charge in [-0.1, -0.05) is 23.7 Å². The predicted octanol–water partition coefficient (Wildman–Crippen LogP) is 4.06. The number of hydrogen-bond donors (Lipinski definition) is 0. The van der Waals surface area contributed by atoms with Crippen LogP contribution in [0.4, 0.5) is 13.2 Å². The van der Waals surface area contributed by atoms with E-state index in [4.69, 9.17) is 11.6 Å². The Labute approximate surface area is 150 Å². The summed E-state index contributed by atoms with van der Waals surface area (Å²) in [6.45, 7) is 3.15. The minimum atomic E-state index is -4.63. The van der Waals surface area contributed by atoms with Crippen molar-refractivity contribution in [3.05, 3.63) is 52.8 Å². The van der Waals surface area contributed by atoms with Gasteiger partial charge in [0.25, 0.3) is 0 Å². The Morgan fingerprint density at radius 3 is 2.58 bits per heavy atom. The summed E-state index contributed by atoms with van der Waals surface area (Å²) in [7, 11) is 0. The molecule has 0 aliphatic rings. The van der Waals surface area contributed by atoms with Gasteiger partial charge in [0.2, 0.25) is 0 Å². The van der Waals surface area contributed by atoms with Gasteiger partial charge < -0.3 is 0 Å². The van der Waals surface area contributed by atoms with Crippen molar-refractivity contribution >= 4 is 28.2 Å². The third kappa shape index (κ3) is 2.50. The van der Waals surface area contributed by atoms with E-state index in [0.29, 0.717) is 11.5 Å². The third-order valence-electron chi connectivity index (χ3n) is 4.18. The second-order valence-electron chi connectivity index (χ2n) is 5.87. The Morgan fingerprint density at radius 2 is 1.88 bits per heavy atom. The van der Waals surface area contributed by atoms with Crippen LogP contribution in [0.15, 0.2) is 30.6 Å². The van der Waals surface area contributed by atoms with Crippen LogP contribution in [0.25, 0.3) is 16.6 Å². The van der Waals surface area contributed by atoms with Gasteiger partial charge in [-0.05, 0) is 26.0 Å². The van der Waals surface area contributed by atoms with Gasteiger partial charge in [-0.3, -0.25) is 4.68 Å². The fraction of sp³-hybridized carbons (Fsp3) is 0.250. The summed E-state index contributed by atoms with van der Waals surface area (Å²) in [5.41, 5.74) is 0.418. The monoisotopic (exact) mass is 380 g/mol. The molecule has 6 nitrogen and oxygen atoms in total. The molecule has 0 N–H and O–H groups in total. The molecule has 0 saturated carbocycles.